The van der Waals surface area contributed by atoms with Gasteiger partial charge in [-0.3, -0.25) is 0 Å². The monoisotopic (exact) mass is 288 g/mol. The van der Waals surface area contributed by atoms with E-state index in [4.69, 9.17) is 0 Å². The Kier molecular flexibility index (Phi) is 4.84. The number of carbonyl (C=O) groups excluding carboxylic acids is 1. The summed E-state index contributed by atoms with van der Waals surface area (Å²) >= 11 is 0. The summed E-state index contributed by atoms with van der Waals surface area (Å²) in [6.07, 6.45) is -4.44. The van der Waals surface area contributed by atoms with Gasteiger partial charge in [-0.25, -0.2) is 4.79 Å². The van der Waals surface area contributed by atoms with Crippen LogP contribution in [0.5, 0.6) is 0 Å². The first-order valence-corrected chi connectivity index (χ1v) is 5.33. The lowest BCUT2D eigenvalue weighted by molar-refractivity contribution is -0.138. The van der Waals surface area contributed by atoms with Gasteiger partial charge in [0.25, 0.3) is 0 Å². The van der Waals surface area contributed by atoms with Gasteiger partial charge < -0.3 is 9.84 Å². The summed E-state index contributed by atoms with van der Waals surface area (Å²) in [6.45, 7) is 1.21. The Morgan fingerprint density at radius 3 is 2.20 bits per heavy atom. The molecular formula is C12H11F3N2O3. The zero-order valence-electron chi connectivity index (χ0n) is 10.6. The molecule has 1 rings (SSSR count). The summed E-state index contributed by atoms with van der Waals surface area (Å²) in [5, 5.41) is 16.2. The third kappa shape index (κ3) is 4.08. The van der Waals surface area contributed by atoms with E-state index < -0.39 is 29.2 Å². The van der Waals surface area contributed by atoms with E-state index in [2.05, 4.69) is 15.0 Å². The quantitative estimate of drug-likeness (QED) is 0.398. The van der Waals surface area contributed by atoms with Crippen LogP contribution in [-0.2, 0) is 15.7 Å². The molecule has 108 valence electrons. The van der Waals surface area contributed by atoms with E-state index in [1.165, 1.54) is 6.92 Å². The summed E-state index contributed by atoms with van der Waals surface area (Å²) in [5.41, 5.74) is -1.15. The van der Waals surface area contributed by atoms with Crippen molar-refractivity contribution in [1.82, 2.24) is 0 Å². The lowest BCUT2D eigenvalue weighted by Crippen LogP contribution is -2.04. The molecule has 0 saturated heterocycles. The average molecular weight is 288 g/mol. The second kappa shape index (κ2) is 6.18. The number of carbonyl (C=O) groups is 1. The highest BCUT2D eigenvalue weighted by atomic mass is 19.4. The number of ether oxygens (including phenoxy) is 1. The molecule has 0 aliphatic heterocycles. The number of alkyl halides is 3. The number of hydrogen-bond acceptors (Lipinski definition) is 5. The predicted molar refractivity (Wildman–Crippen MR) is 63.3 cm³/mol. The molecule has 1 aromatic rings. The number of allylic oxidation sites excluding steroid dienone is 1. The van der Waals surface area contributed by atoms with Crippen LogP contribution in [0, 0.1) is 0 Å². The molecule has 0 heterocycles. The molecule has 0 unspecified atom stereocenters. The van der Waals surface area contributed by atoms with E-state index in [1.807, 2.05) is 0 Å². The Morgan fingerprint density at radius 2 is 1.80 bits per heavy atom. The highest BCUT2D eigenvalue weighted by Gasteiger charge is 2.29. The number of benzene rings is 1. The van der Waals surface area contributed by atoms with Crippen LogP contribution in [0.1, 0.15) is 12.5 Å². The lowest BCUT2D eigenvalue weighted by Gasteiger charge is -2.05. The molecule has 0 aromatic heterocycles. The number of methoxy groups -OCH3 is 1. The summed E-state index contributed by atoms with van der Waals surface area (Å²) in [5.74, 6) is -1.31. The van der Waals surface area contributed by atoms with E-state index >= 15 is 0 Å². The Balaban J connectivity index is 2.96. The Labute approximate surface area is 112 Å². The number of aliphatic hydroxyl groups is 1. The van der Waals surface area contributed by atoms with Gasteiger partial charge in [0.2, 0.25) is 5.70 Å². The average Bonchev–Trinajstić information content (AvgIpc) is 2.37. The molecule has 0 fully saturated rings. The maximum atomic E-state index is 12.3. The zero-order valence-corrected chi connectivity index (χ0v) is 10.6. The van der Waals surface area contributed by atoms with Crippen LogP contribution in [0.3, 0.4) is 0 Å². The van der Waals surface area contributed by atoms with Crippen molar-refractivity contribution in [1.29, 1.82) is 0 Å². The number of azo groups is 1. The first-order chi connectivity index (χ1) is 9.25. The molecule has 0 aliphatic rings. The molecule has 20 heavy (non-hydrogen) atoms. The summed E-state index contributed by atoms with van der Waals surface area (Å²) in [4.78, 5) is 11.2. The summed E-state index contributed by atoms with van der Waals surface area (Å²) < 4.78 is 41.4. The third-order valence-corrected chi connectivity index (χ3v) is 2.18. The van der Waals surface area contributed by atoms with Crippen LogP contribution in [0.2, 0.25) is 0 Å². The van der Waals surface area contributed by atoms with Gasteiger partial charge in [0.15, 0.2) is 0 Å². The summed E-state index contributed by atoms with van der Waals surface area (Å²) in [7, 11) is 1.10. The van der Waals surface area contributed by atoms with Crippen LogP contribution >= 0.6 is 0 Å². The van der Waals surface area contributed by atoms with E-state index in [-0.39, 0.29) is 5.69 Å². The number of aliphatic hydroxyl groups excluding tert-OH is 1. The van der Waals surface area contributed by atoms with E-state index in [0.717, 1.165) is 31.4 Å². The Morgan fingerprint density at radius 1 is 1.25 bits per heavy atom. The second-order valence-corrected chi connectivity index (χ2v) is 3.67. The minimum absolute atomic E-state index is 0.0978. The number of hydrogen-bond donors (Lipinski definition) is 1. The number of esters is 1. The van der Waals surface area contributed by atoms with Crippen molar-refractivity contribution in [2.45, 2.75) is 13.1 Å². The second-order valence-electron chi connectivity index (χ2n) is 3.67. The minimum atomic E-state index is -4.44. The van der Waals surface area contributed by atoms with Crippen molar-refractivity contribution >= 4 is 11.7 Å². The number of nitrogens with zero attached hydrogens (tertiary/aromatic N) is 2. The van der Waals surface area contributed by atoms with Crippen molar-refractivity contribution in [3.63, 3.8) is 0 Å². The number of halogens is 3. The SMILES string of the molecule is COC(=O)/C(N=Nc1ccc(C(F)(F)F)cc1)=C(\C)O. The predicted octanol–water partition coefficient (Wildman–Crippen LogP) is 3.75. The fourth-order valence-electron chi connectivity index (χ4n) is 1.18. The maximum Gasteiger partial charge on any atom is 0.416 e. The fourth-order valence-corrected chi connectivity index (χ4v) is 1.18. The largest absolute Gasteiger partial charge is 0.510 e. The molecule has 0 atom stereocenters. The van der Waals surface area contributed by atoms with Gasteiger partial charge >= 0.3 is 12.1 Å². The smallest absolute Gasteiger partial charge is 0.416 e. The van der Waals surface area contributed by atoms with Crippen molar-refractivity contribution in [3.8, 4) is 0 Å². The van der Waals surface area contributed by atoms with Gasteiger partial charge in [0.05, 0.1) is 18.4 Å². The van der Waals surface area contributed by atoms with Crippen molar-refractivity contribution in [3.05, 3.63) is 41.3 Å². The van der Waals surface area contributed by atoms with Gasteiger partial charge in [0.1, 0.15) is 5.76 Å². The van der Waals surface area contributed by atoms with Gasteiger partial charge in [-0.1, -0.05) is 0 Å². The molecule has 0 radical (unpaired) electrons. The first kappa shape index (κ1) is 15.7. The van der Waals surface area contributed by atoms with Gasteiger partial charge in [-0.2, -0.15) is 18.3 Å². The zero-order chi connectivity index (χ0) is 15.3. The van der Waals surface area contributed by atoms with Gasteiger partial charge in [-0.15, -0.1) is 5.11 Å². The van der Waals surface area contributed by atoms with Crippen LogP contribution in [0.4, 0.5) is 18.9 Å². The molecule has 1 N–H and O–H groups in total. The van der Waals surface area contributed by atoms with Crippen LogP contribution < -0.4 is 0 Å². The standard InChI is InChI=1S/C12H11F3N2O3/c1-7(18)10(11(19)20-2)17-16-9-5-3-8(4-6-9)12(13,14)15/h3-6,18H,1-2H3/b10-7-,17-16?. The minimum Gasteiger partial charge on any atom is -0.510 e. The van der Waals surface area contributed by atoms with Crippen LogP contribution in [0.25, 0.3) is 0 Å². The normalized spacial score (nSPS) is 13.2. The highest BCUT2D eigenvalue weighted by Crippen LogP contribution is 2.30. The molecular weight excluding hydrogens is 277 g/mol. The van der Waals surface area contributed by atoms with E-state index in [1.54, 1.807) is 0 Å². The van der Waals surface area contributed by atoms with E-state index in [9.17, 15) is 23.1 Å². The third-order valence-electron chi connectivity index (χ3n) is 2.18. The van der Waals surface area contributed by atoms with Crippen LogP contribution in [-0.4, -0.2) is 18.2 Å². The summed E-state index contributed by atoms with van der Waals surface area (Å²) in [6, 6.07) is 3.85. The Bertz CT molecular complexity index is 544. The molecule has 0 amide bonds. The van der Waals surface area contributed by atoms with E-state index in [0.29, 0.717) is 0 Å². The van der Waals surface area contributed by atoms with Crippen LogP contribution in [0.15, 0.2) is 46.0 Å². The van der Waals surface area contributed by atoms with Crippen molar-refractivity contribution < 1.29 is 27.8 Å². The first-order valence-electron chi connectivity index (χ1n) is 5.33. The molecule has 0 aliphatic carbocycles. The fraction of sp³-hybridized carbons (Fsp3) is 0.250. The van der Waals surface area contributed by atoms with Gasteiger partial charge in [0, 0.05) is 0 Å². The maximum absolute atomic E-state index is 12.3. The lowest BCUT2D eigenvalue weighted by atomic mass is 10.2. The number of rotatable bonds is 3. The molecule has 1 aromatic carbocycles. The molecule has 0 saturated carbocycles. The topological polar surface area (TPSA) is 71.2 Å². The molecule has 0 bridgehead atoms. The molecule has 0 spiro atoms. The van der Waals surface area contributed by atoms with Crippen molar-refractivity contribution in [2.75, 3.05) is 7.11 Å². The van der Waals surface area contributed by atoms with Crippen molar-refractivity contribution in [2.24, 2.45) is 10.2 Å². The van der Waals surface area contributed by atoms with Gasteiger partial charge in [-0.05, 0) is 31.2 Å². The Hall–Kier alpha value is -2.38. The highest BCUT2D eigenvalue weighted by molar-refractivity contribution is 5.88. The molecule has 8 heteroatoms. The molecule has 5 nitrogen and oxygen atoms in total.